The predicted octanol–water partition coefficient (Wildman–Crippen LogP) is 4.36. The highest BCUT2D eigenvalue weighted by Crippen LogP contribution is 2.36. The van der Waals surface area contributed by atoms with Gasteiger partial charge in [0.15, 0.2) is 0 Å². The molecule has 4 rings (SSSR count). The van der Waals surface area contributed by atoms with Crippen molar-refractivity contribution >= 4 is 0 Å². The van der Waals surface area contributed by atoms with Gasteiger partial charge in [-0.2, -0.15) is 0 Å². The van der Waals surface area contributed by atoms with Gasteiger partial charge in [0.25, 0.3) is 0 Å². The number of fused-ring (bicyclic) bond motifs is 3. The highest BCUT2D eigenvalue weighted by Gasteiger charge is 2.23. The Morgan fingerprint density at radius 3 is 2.47 bits per heavy atom. The average molecular weight is 245 g/mol. The van der Waals surface area contributed by atoms with E-state index in [0.717, 1.165) is 6.42 Å². The third-order valence-electron chi connectivity index (χ3n) is 3.98. The number of nitrogens with zero attached hydrogens (tertiary/aromatic N) is 1. The molecule has 1 aromatic heterocycles. The smallest absolute Gasteiger partial charge is 0.0534 e. The summed E-state index contributed by atoms with van der Waals surface area (Å²) in [5.41, 5.74) is 8.17. The Bertz CT molecular complexity index is 751. The van der Waals surface area contributed by atoms with Crippen molar-refractivity contribution in [2.24, 2.45) is 0 Å². The van der Waals surface area contributed by atoms with Crippen LogP contribution in [0.3, 0.4) is 0 Å². The molecule has 0 saturated carbocycles. The summed E-state index contributed by atoms with van der Waals surface area (Å²) in [5.74, 6) is 0. The molecule has 92 valence electrons. The second kappa shape index (κ2) is 3.86. The molecule has 0 unspecified atom stereocenters. The fourth-order valence-electron chi connectivity index (χ4n) is 3.05. The lowest BCUT2D eigenvalue weighted by Crippen LogP contribution is -1.94. The summed E-state index contributed by atoms with van der Waals surface area (Å²) in [6.07, 6.45) is 1.05. The molecule has 2 heterocycles. The number of hydrogen-bond acceptors (Lipinski definition) is 0. The molecule has 0 amide bonds. The molecule has 1 aliphatic heterocycles. The highest BCUT2D eigenvalue weighted by atomic mass is 15.0. The van der Waals surface area contributed by atoms with E-state index < -0.39 is 0 Å². The van der Waals surface area contributed by atoms with Crippen LogP contribution >= 0.6 is 0 Å². The molecule has 0 radical (unpaired) electrons. The lowest BCUT2D eigenvalue weighted by atomic mass is 10.1. The first-order chi connectivity index (χ1) is 9.34. The third-order valence-corrected chi connectivity index (χ3v) is 3.98. The maximum atomic E-state index is 2.42. The zero-order valence-electron chi connectivity index (χ0n) is 10.9. The monoisotopic (exact) mass is 245 g/mol. The molecule has 0 aliphatic carbocycles. The predicted molar refractivity (Wildman–Crippen MR) is 78.7 cm³/mol. The molecule has 0 fully saturated rings. The van der Waals surface area contributed by atoms with Crippen molar-refractivity contribution in [1.29, 1.82) is 0 Å². The van der Waals surface area contributed by atoms with Gasteiger partial charge in [-0.3, -0.25) is 0 Å². The van der Waals surface area contributed by atoms with E-state index in [0.29, 0.717) is 0 Å². The van der Waals surface area contributed by atoms with Crippen LogP contribution in [-0.2, 0) is 6.42 Å². The molecule has 0 saturated heterocycles. The lowest BCUT2D eigenvalue weighted by molar-refractivity contribution is 1.04. The number of rotatable bonds is 1. The van der Waals surface area contributed by atoms with Crippen molar-refractivity contribution in [3.63, 3.8) is 0 Å². The molecule has 0 N–H and O–H groups in total. The first-order valence-electron chi connectivity index (χ1n) is 6.69. The quantitative estimate of drug-likeness (QED) is 0.469. The molecule has 3 aromatic rings. The zero-order valence-corrected chi connectivity index (χ0v) is 10.9. The van der Waals surface area contributed by atoms with Crippen LogP contribution in [0.4, 0.5) is 0 Å². The second-order valence-corrected chi connectivity index (χ2v) is 5.17. The largest absolute Gasteiger partial charge is 0.313 e. The molecular weight excluding hydrogens is 230 g/mol. The van der Waals surface area contributed by atoms with Gasteiger partial charge >= 0.3 is 0 Å². The van der Waals surface area contributed by atoms with Crippen LogP contribution in [0.15, 0.2) is 60.7 Å². The van der Waals surface area contributed by atoms with Crippen molar-refractivity contribution in [3.8, 4) is 16.9 Å². The Morgan fingerprint density at radius 2 is 1.63 bits per heavy atom. The van der Waals surface area contributed by atoms with Gasteiger partial charge in [-0.15, -0.1) is 0 Å². The van der Waals surface area contributed by atoms with E-state index in [-0.39, 0.29) is 0 Å². The number of aromatic nitrogens is 1. The summed E-state index contributed by atoms with van der Waals surface area (Å²) in [7, 11) is 0. The highest BCUT2D eigenvalue weighted by molar-refractivity contribution is 5.69. The van der Waals surface area contributed by atoms with Crippen LogP contribution in [0.1, 0.15) is 16.8 Å². The molecule has 1 nitrogen and oxygen atoms in total. The second-order valence-electron chi connectivity index (χ2n) is 5.17. The maximum Gasteiger partial charge on any atom is 0.0534 e. The molecule has 2 aromatic carbocycles. The minimum atomic E-state index is 1.05. The number of para-hydroxylation sites is 1. The van der Waals surface area contributed by atoms with E-state index in [9.17, 15) is 0 Å². The van der Waals surface area contributed by atoms with Gasteiger partial charge in [0.2, 0.25) is 0 Å². The van der Waals surface area contributed by atoms with Gasteiger partial charge in [0.05, 0.1) is 5.69 Å². The topological polar surface area (TPSA) is 4.93 Å². The summed E-state index contributed by atoms with van der Waals surface area (Å²) in [5, 5.41) is 0. The van der Waals surface area contributed by atoms with Crippen molar-refractivity contribution in [2.45, 2.75) is 13.3 Å². The van der Waals surface area contributed by atoms with Crippen molar-refractivity contribution in [1.82, 2.24) is 4.57 Å². The third kappa shape index (κ3) is 1.48. The van der Waals surface area contributed by atoms with E-state index in [1.807, 2.05) is 0 Å². The van der Waals surface area contributed by atoms with Crippen LogP contribution in [0.5, 0.6) is 0 Å². The molecule has 0 atom stereocenters. The van der Waals surface area contributed by atoms with Crippen molar-refractivity contribution in [3.05, 3.63) is 77.5 Å². The molecule has 1 aliphatic rings. The Balaban J connectivity index is 2.01. The SMILES string of the molecule is Cc1cc(-c2ccccc2)n2c1Cc1ccccc1-2. The van der Waals surface area contributed by atoms with Crippen LogP contribution in [0, 0.1) is 6.92 Å². The standard InChI is InChI=1S/C18H15N/c1-13-11-18(14-7-3-2-4-8-14)19-16-10-6-5-9-15(16)12-17(13)19/h2-11H,12H2,1H3. The Kier molecular flexibility index (Phi) is 2.16. The lowest BCUT2D eigenvalue weighted by Gasteiger charge is -2.08. The van der Waals surface area contributed by atoms with Crippen LogP contribution in [-0.4, -0.2) is 4.57 Å². The van der Waals surface area contributed by atoms with Gasteiger partial charge in [0, 0.05) is 17.8 Å². The van der Waals surface area contributed by atoms with Crippen LogP contribution < -0.4 is 0 Å². The Morgan fingerprint density at radius 1 is 0.895 bits per heavy atom. The van der Waals surface area contributed by atoms with Gasteiger partial charge < -0.3 is 4.57 Å². The maximum absolute atomic E-state index is 2.42. The van der Waals surface area contributed by atoms with E-state index in [2.05, 4.69) is 72.2 Å². The van der Waals surface area contributed by atoms with E-state index in [1.54, 1.807) is 0 Å². The number of aryl methyl sites for hydroxylation is 1. The fourth-order valence-corrected chi connectivity index (χ4v) is 3.05. The number of hydrogen-bond donors (Lipinski definition) is 0. The van der Waals surface area contributed by atoms with Gasteiger partial charge in [-0.05, 0) is 35.7 Å². The summed E-state index contributed by atoms with van der Waals surface area (Å²) >= 11 is 0. The molecule has 1 heteroatoms. The summed E-state index contributed by atoms with van der Waals surface area (Å²) < 4.78 is 2.42. The van der Waals surface area contributed by atoms with Gasteiger partial charge in [0.1, 0.15) is 0 Å². The van der Waals surface area contributed by atoms with Crippen molar-refractivity contribution in [2.75, 3.05) is 0 Å². The Hall–Kier alpha value is -2.28. The zero-order chi connectivity index (χ0) is 12.8. The summed E-state index contributed by atoms with van der Waals surface area (Å²) in [6.45, 7) is 2.21. The fraction of sp³-hybridized carbons (Fsp3) is 0.111. The molecule has 0 spiro atoms. The van der Waals surface area contributed by atoms with Gasteiger partial charge in [-0.25, -0.2) is 0 Å². The summed E-state index contributed by atoms with van der Waals surface area (Å²) in [6, 6.07) is 21.6. The molecular formula is C18H15N. The van der Waals surface area contributed by atoms with Crippen LogP contribution in [0.2, 0.25) is 0 Å². The number of benzene rings is 2. The van der Waals surface area contributed by atoms with E-state index >= 15 is 0 Å². The minimum Gasteiger partial charge on any atom is -0.313 e. The van der Waals surface area contributed by atoms with Gasteiger partial charge in [-0.1, -0.05) is 48.5 Å². The Labute approximate surface area is 113 Å². The van der Waals surface area contributed by atoms with E-state index in [1.165, 1.54) is 33.8 Å². The summed E-state index contributed by atoms with van der Waals surface area (Å²) in [4.78, 5) is 0. The van der Waals surface area contributed by atoms with Crippen LogP contribution in [0.25, 0.3) is 16.9 Å². The van der Waals surface area contributed by atoms with Crippen molar-refractivity contribution < 1.29 is 0 Å². The van der Waals surface area contributed by atoms with E-state index in [4.69, 9.17) is 0 Å². The first kappa shape index (κ1) is 10.6. The molecule has 19 heavy (non-hydrogen) atoms. The minimum absolute atomic E-state index is 1.05. The first-order valence-corrected chi connectivity index (χ1v) is 6.69. The normalized spacial score (nSPS) is 12.3. The molecule has 0 bridgehead atoms. The average Bonchev–Trinajstić information content (AvgIpc) is 2.98.